The van der Waals surface area contributed by atoms with Crippen molar-refractivity contribution in [3.8, 4) is 0 Å². The molecule has 0 radical (unpaired) electrons. The molecule has 2 aliphatic rings. The number of nitrogens with zero attached hydrogens (tertiary/aromatic N) is 3. The Kier molecular flexibility index (Phi) is 8.01. The largest absolute Gasteiger partial charge is 0.480 e. The lowest BCUT2D eigenvalue weighted by Crippen LogP contribution is -2.41. The number of carboxylic acid groups (broad SMARTS) is 1. The molecule has 1 aliphatic heterocycles. The molecule has 43 heavy (non-hydrogen) atoms. The van der Waals surface area contributed by atoms with Crippen LogP contribution in [0, 0.1) is 11.3 Å². The van der Waals surface area contributed by atoms with Gasteiger partial charge in [0, 0.05) is 19.3 Å². The van der Waals surface area contributed by atoms with E-state index in [1.54, 1.807) is 29.6 Å². The molecule has 2 fully saturated rings. The van der Waals surface area contributed by atoms with Gasteiger partial charge in [0.15, 0.2) is 11.1 Å². The van der Waals surface area contributed by atoms with Crippen molar-refractivity contribution in [1.29, 1.82) is 0 Å². The molecule has 1 aromatic carbocycles. The summed E-state index contributed by atoms with van der Waals surface area (Å²) in [5.41, 5.74) is -1.04. The molecule has 3 atom stereocenters. The zero-order chi connectivity index (χ0) is 31.0. The smallest absolute Gasteiger partial charge is 0.408 e. The van der Waals surface area contributed by atoms with Gasteiger partial charge in [-0.3, -0.25) is 9.59 Å². The first kappa shape index (κ1) is 30.2. The molecule has 2 aromatic heterocycles. The van der Waals surface area contributed by atoms with E-state index in [0.29, 0.717) is 0 Å². The summed E-state index contributed by atoms with van der Waals surface area (Å²) in [7, 11) is 0. The molecule has 10 nitrogen and oxygen atoms in total. The predicted octanol–water partition coefficient (Wildman–Crippen LogP) is 4.59. The van der Waals surface area contributed by atoms with Crippen molar-refractivity contribution in [2.75, 3.05) is 0 Å². The van der Waals surface area contributed by atoms with E-state index < -0.39 is 66.3 Å². The minimum absolute atomic E-state index is 0.0215. The van der Waals surface area contributed by atoms with Crippen LogP contribution in [-0.2, 0) is 27.4 Å². The summed E-state index contributed by atoms with van der Waals surface area (Å²) in [5, 5.41) is 18.4. The van der Waals surface area contributed by atoms with Gasteiger partial charge >= 0.3 is 18.2 Å². The Labute approximate surface area is 241 Å². The Bertz CT molecular complexity index is 1500. The molecule has 0 spiro atoms. The van der Waals surface area contributed by atoms with E-state index in [9.17, 15) is 41.4 Å². The molecule has 15 heteroatoms. The van der Waals surface area contributed by atoms with Crippen molar-refractivity contribution in [3.05, 3.63) is 65.6 Å². The second kappa shape index (κ2) is 11.4. The number of halogens is 5. The molecule has 1 unspecified atom stereocenters. The van der Waals surface area contributed by atoms with Gasteiger partial charge in [0.25, 0.3) is 0 Å². The van der Waals surface area contributed by atoms with E-state index in [2.05, 4.69) is 15.4 Å². The number of carbonyl (C=O) groups excluding carboxylic acids is 2. The van der Waals surface area contributed by atoms with Gasteiger partial charge in [-0.2, -0.15) is 18.3 Å². The zero-order valence-electron chi connectivity index (χ0n) is 22.6. The molecule has 1 aliphatic carbocycles. The van der Waals surface area contributed by atoms with Crippen molar-refractivity contribution in [2.45, 2.75) is 69.3 Å². The highest BCUT2D eigenvalue weighted by atomic mass is 19.4. The van der Waals surface area contributed by atoms with E-state index in [4.69, 9.17) is 4.74 Å². The summed E-state index contributed by atoms with van der Waals surface area (Å²) in [4.78, 5) is 41.8. The lowest BCUT2D eigenvalue weighted by molar-refractivity contribution is -0.158. The molecule has 230 valence electrons. The fourth-order valence-corrected chi connectivity index (χ4v) is 5.65. The number of rotatable bonds is 8. The first-order valence-electron chi connectivity index (χ1n) is 13.6. The molecule has 5 rings (SSSR count). The third-order valence-electron chi connectivity index (χ3n) is 8.04. The topological polar surface area (TPSA) is 135 Å². The first-order chi connectivity index (χ1) is 20.3. The number of amides is 2. The van der Waals surface area contributed by atoms with Gasteiger partial charge in [0.2, 0.25) is 11.8 Å². The summed E-state index contributed by atoms with van der Waals surface area (Å²) in [6, 6.07) is 7.17. The highest BCUT2D eigenvalue weighted by Gasteiger charge is 2.59. The second-order valence-electron chi connectivity index (χ2n) is 11.0. The third-order valence-corrected chi connectivity index (χ3v) is 8.04. The average molecular weight is 610 g/mol. The first-order valence-corrected chi connectivity index (χ1v) is 13.6. The number of alkyl halides is 5. The van der Waals surface area contributed by atoms with Gasteiger partial charge in [0.05, 0.1) is 24.1 Å². The van der Waals surface area contributed by atoms with Crippen molar-refractivity contribution >= 4 is 23.6 Å². The molecule has 2 amide bonds. The second-order valence-corrected chi connectivity index (χ2v) is 11.0. The van der Waals surface area contributed by atoms with Gasteiger partial charge in [-0.1, -0.05) is 30.3 Å². The number of hydrogen-bond acceptors (Lipinski definition) is 6. The van der Waals surface area contributed by atoms with Gasteiger partial charge in [-0.25, -0.2) is 23.1 Å². The lowest BCUT2D eigenvalue weighted by atomic mass is 9.79. The van der Waals surface area contributed by atoms with Crippen LogP contribution in [0.15, 0.2) is 48.8 Å². The van der Waals surface area contributed by atoms with E-state index in [1.807, 2.05) is 6.07 Å². The van der Waals surface area contributed by atoms with Gasteiger partial charge in [-0.15, -0.1) is 0 Å². The van der Waals surface area contributed by atoms with Crippen LogP contribution < -0.4 is 10.6 Å². The van der Waals surface area contributed by atoms with E-state index in [-0.39, 0.29) is 49.2 Å². The molecule has 0 bridgehead atoms. The Morgan fingerprint density at radius 3 is 2.49 bits per heavy atom. The van der Waals surface area contributed by atoms with Crippen LogP contribution in [0.25, 0.3) is 5.65 Å². The maximum absolute atomic E-state index is 13.9. The maximum atomic E-state index is 13.9. The number of aliphatic carboxylic acids is 1. The number of nitrogens with one attached hydrogen (secondary N) is 2. The Balaban J connectivity index is 1.38. The van der Waals surface area contributed by atoms with Crippen LogP contribution in [0.4, 0.5) is 26.7 Å². The van der Waals surface area contributed by atoms with Crippen LogP contribution in [0.3, 0.4) is 0 Å². The zero-order valence-corrected chi connectivity index (χ0v) is 22.6. The molecule has 3 N–H and O–H groups in total. The minimum atomic E-state index is -4.82. The van der Waals surface area contributed by atoms with E-state index >= 15 is 0 Å². The minimum Gasteiger partial charge on any atom is -0.480 e. The summed E-state index contributed by atoms with van der Waals surface area (Å²) < 4.78 is 74.3. The molecular formula is C28H28F5N5O5. The molecule has 3 aromatic rings. The number of aromatic nitrogens is 3. The third kappa shape index (κ3) is 6.54. The molecule has 3 heterocycles. The van der Waals surface area contributed by atoms with Gasteiger partial charge < -0.3 is 20.5 Å². The van der Waals surface area contributed by atoms with Crippen molar-refractivity contribution in [1.82, 2.24) is 25.2 Å². The Morgan fingerprint density at radius 2 is 1.86 bits per heavy atom. The van der Waals surface area contributed by atoms with Gasteiger partial charge in [0.1, 0.15) is 12.6 Å². The molecule has 1 saturated carbocycles. The number of carboxylic acids is 1. The quantitative estimate of drug-likeness (QED) is 0.251. The number of imidazole rings is 1. The standard InChI is InChI=1S/C28H28F5N5O5/c29-27(30)8-6-18(7-9-27)22(37-25(42)43-15-16-4-2-1-3-5-16)19-14-38-21(35-19)10-17(13-34-38)11-26(24(40)41)12-20(28(31,32)33)36-23(26)39/h1-5,10,13-14,18,20,22H,6-9,11-12,15H2,(H,36,39)(H,37,42)(H,40,41)/t20-,22-,26?/m0/s1. The van der Waals surface area contributed by atoms with Crippen LogP contribution >= 0.6 is 0 Å². The lowest BCUT2D eigenvalue weighted by Gasteiger charge is -2.33. The van der Waals surface area contributed by atoms with Crippen molar-refractivity contribution in [2.24, 2.45) is 11.3 Å². The number of alkyl carbamates (subject to hydrolysis) is 1. The summed E-state index contributed by atoms with van der Waals surface area (Å²) in [5.74, 6) is -6.18. The number of benzene rings is 1. The number of hydrogen-bond donors (Lipinski definition) is 3. The highest BCUT2D eigenvalue weighted by molar-refractivity contribution is 6.04. The van der Waals surface area contributed by atoms with Gasteiger partial charge in [-0.05, 0) is 42.4 Å². The fraction of sp³-hybridized carbons (Fsp3) is 0.464. The number of fused-ring (bicyclic) bond motifs is 1. The normalized spacial score (nSPS) is 23.1. The Hall–Kier alpha value is -4.30. The fourth-order valence-electron chi connectivity index (χ4n) is 5.65. The van der Waals surface area contributed by atoms with E-state index in [0.717, 1.165) is 5.56 Å². The van der Waals surface area contributed by atoms with Crippen LogP contribution in [0.5, 0.6) is 0 Å². The van der Waals surface area contributed by atoms with Crippen molar-refractivity contribution < 1.29 is 46.2 Å². The van der Waals surface area contributed by atoms with Crippen LogP contribution in [0.1, 0.15) is 55.0 Å². The van der Waals surface area contributed by atoms with Crippen molar-refractivity contribution in [3.63, 3.8) is 0 Å². The van der Waals surface area contributed by atoms with Crippen LogP contribution in [0.2, 0.25) is 0 Å². The maximum Gasteiger partial charge on any atom is 0.408 e. The van der Waals surface area contributed by atoms with Crippen LogP contribution in [-0.4, -0.2) is 55.8 Å². The summed E-state index contributed by atoms with van der Waals surface area (Å²) in [6.45, 7) is -0.0215. The molecular weight excluding hydrogens is 581 g/mol. The predicted molar refractivity (Wildman–Crippen MR) is 139 cm³/mol. The monoisotopic (exact) mass is 609 g/mol. The summed E-state index contributed by atoms with van der Waals surface area (Å²) >= 11 is 0. The number of carbonyl (C=O) groups is 3. The highest BCUT2D eigenvalue weighted by Crippen LogP contribution is 2.42. The number of ether oxygens (including phenoxy) is 1. The molecule has 1 saturated heterocycles. The summed E-state index contributed by atoms with van der Waals surface area (Å²) in [6.07, 6.45) is -5.02. The van der Waals surface area contributed by atoms with E-state index in [1.165, 1.54) is 23.0 Å². The Morgan fingerprint density at radius 1 is 1.16 bits per heavy atom. The SMILES string of the molecule is O=C(N[C@H](c1cn2ncc(CC3(C(=O)O)C[C@@H](C(F)(F)F)NC3=O)cc2n1)C1CCC(F)(F)CC1)OCc1ccccc1. The average Bonchev–Trinajstić information content (AvgIpc) is 3.52.